The summed E-state index contributed by atoms with van der Waals surface area (Å²) in [6.07, 6.45) is -4.89. The van der Waals surface area contributed by atoms with Crippen LogP contribution in [0.2, 0.25) is 0 Å². The van der Waals surface area contributed by atoms with Gasteiger partial charge < -0.3 is 0 Å². The minimum Gasteiger partial charge on any atom is -0.191 e. The number of benzene rings is 1. The maximum absolute atomic E-state index is 12.9. The summed E-state index contributed by atoms with van der Waals surface area (Å²) in [5.41, 5.74) is -1.50. The lowest BCUT2D eigenvalue weighted by molar-refractivity contribution is -0.140. The summed E-state index contributed by atoms with van der Waals surface area (Å²) in [4.78, 5) is -1.07. The smallest absolute Gasteiger partial charge is 0.191 e. The van der Waals surface area contributed by atoms with Crippen LogP contribution in [-0.2, 0) is 40.8 Å². The Morgan fingerprint density at radius 1 is 1.29 bits per heavy atom. The molecule has 6 nitrogen and oxygen atoms in total. The summed E-state index contributed by atoms with van der Waals surface area (Å²) in [6.45, 7) is 1.48. The lowest BCUT2D eigenvalue weighted by Gasteiger charge is -2.14. The zero-order valence-electron chi connectivity index (χ0n) is 10.9. The third kappa shape index (κ3) is 4.45. The van der Waals surface area contributed by atoms with Crippen molar-refractivity contribution < 1.29 is 39.7 Å². The van der Waals surface area contributed by atoms with Gasteiger partial charge in [-0.25, -0.2) is 0 Å². The lowest BCUT2D eigenvalue weighted by Crippen LogP contribution is -2.17. The molecule has 118 valence electrons. The van der Waals surface area contributed by atoms with E-state index in [1.54, 1.807) is 0 Å². The molecule has 0 saturated heterocycles. The van der Waals surface area contributed by atoms with Crippen molar-refractivity contribution in [2.24, 2.45) is 0 Å². The van der Waals surface area contributed by atoms with E-state index in [9.17, 15) is 26.2 Å². The quantitative estimate of drug-likeness (QED) is 0.447. The predicted octanol–water partition coefficient (Wildman–Crippen LogP) is 3.21. The second-order valence-electron chi connectivity index (χ2n) is 3.65. The molecule has 0 amide bonds. The largest absolute Gasteiger partial charge is 0.729 e. The van der Waals surface area contributed by atoms with Crippen LogP contribution in [-0.4, -0.2) is 15.5 Å². The summed E-state index contributed by atoms with van der Waals surface area (Å²) in [5, 5.41) is 0. The van der Waals surface area contributed by atoms with E-state index in [2.05, 4.69) is 13.5 Å². The van der Waals surface area contributed by atoms with Crippen molar-refractivity contribution >= 4 is 18.4 Å². The van der Waals surface area contributed by atoms with Crippen LogP contribution >= 0.6 is 8.25 Å². The van der Waals surface area contributed by atoms with Gasteiger partial charge in [0.05, 0.1) is 17.3 Å². The molecule has 0 fully saturated rings. The van der Waals surface area contributed by atoms with Gasteiger partial charge in [0.1, 0.15) is 4.90 Å². The van der Waals surface area contributed by atoms with Crippen LogP contribution in [0.3, 0.4) is 0 Å². The SMILES string of the molecule is CCc1cccc(C(F)(F)F)c1S(=O)(=O)OO[P+](=O)OC. The summed E-state index contributed by atoms with van der Waals surface area (Å²) < 4.78 is 85.2. The molecule has 1 rings (SSSR count). The Morgan fingerprint density at radius 3 is 2.38 bits per heavy atom. The molecule has 1 aromatic carbocycles. The van der Waals surface area contributed by atoms with Gasteiger partial charge in [-0.1, -0.05) is 23.4 Å². The molecule has 0 aromatic heterocycles. The maximum Gasteiger partial charge on any atom is 0.729 e. The highest BCUT2D eigenvalue weighted by atomic mass is 32.2. The van der Waals surface area contributed by atoms with Crippen molar-refractivity contribution in [2.75, 3.05) is 7.11 Å². The molecule has 1 aromatic rings. The Bertz CT molecular complexity index is 628. The molecular formula is C10H11F3O6PS+. The fraction of sp³-hybridized carbons (Fsp3) is 0.400. The van der Waals surface area contributed by atoms with Crippen LogP contribution in [0.15, 0.2) is 23.1 Å². The van der Waals surface area contributed by atoms with Gasteiger partial charge >= 0.3 is 24.5 Å². The van der Waals surface area contributed by atoms with Gasteiger partial charge in [0.15, 0.2) is 0 Å². The summed E-state index contributed by atoms with van der Waals surface area (Å²) in [6, 6.07) is 2.89. The maximum atomic E-state index is 12.9. The highest BCUT2D eigenvalue weighted by Crippen LogP contribution is 2.37. The minimum atomic E-state index is -4.93. The second kappa shape index (κ2) is 6.80. The molecule has 0 radical (unpaired) electrons. The molecule has 0 bridgehead atoms. The monoisotopic (exact) mass is 347 g/mol. The minimum absolute atomic E-state index is 0.0122. The first-order valence-electron chi connectivity index (χ1n) is 5.45. The number of aryl methyl sites for hydroxylation is 1. The van der Waals surface area contributed by atoms with E-state index in [4.69, 9.17) is 0 Å². The molecule has 0 aliphatic heterocycles. The molecule has 0 aliphatic rings. The van der Waals surface area contributed by atoms with Crippen molar-refractivity contribution in [1.82, 2.24) is 0 Å². The molecule has 0 aliphatic carbocycles. The standard InChI is InChI=1S/C10H11F3O6PS/c1-3-7-5-4-6-8(10(11,12)13)9(7)21(15,16)19-18-20(14)17-2/h4-6H,3H2,1-2H3/q+1. The predicted molar refractivity (Wildman–Crippen MR) is 64.8 cm³/mol. The van der Waals surface area contributed by atoms with Crippen LogP contribution < -0.4 is 0 Å². The van der Waals surface area contributed by atoms with Crippen LogP contribution in [0, 0.1) is 0 Å². The van der Waals surface area contributed by atoms with Gasteiger partial charge in [-0.3, -0.25) is 0 Å². The molecule has 1 atom stereocenters. The molecule has 0 N–H and O–H groups in total. The van der Waals surface area contributed by atoms with Gasteiger partial charge in [-0.2, -0.15) is 21.6 Å². The molecule has 11 heteroatoms. The van der Waals surface area contributed by atoms with Gasteiger partial charge in [0.2, 0.25) is 0 Å². The number of alkyl halides is 3. The first kappa shape index (κ1) is 18.0. The third-order valence-corrected chi connectivity index (χ3v) is 4.19. The van der Waals surface area contributed by atoms with Gasteiger partial charge in [-0.15, -0.1) is 4.52 Å². The molecular weight excluding hydrogens is 336 g/mol. The molecule has 1 unspecified atom stereocenters. The van der Waals surface area contributed by atoms with Gasteiger partial charge in [-0.05, 0) is 18.1 Å². The van der Waals surface area contributed by atoms with Crippen molar-refractivity contribution in [1.29, 1.82) is 0 Å². The first-order valence-corrected chi connectivity index (χ1v) is 7.95. The summed E-state index contributed by atoms with van der Waals surface area (Å²) >= 11 is 0. The number of hydrogen-bond acceptors (Lipinski definition) is 6. The van der Waals surface area contributed by atoms with E-state index < -0.39 is 35.0 Å². The van der Waals surface area contributed by atoms with Crippen LogP contribution in [0.5, 0.6) is 0 Å². The van der Waals surface area contributed by atoms with Crippen molar-refractivity contribution in [3.8, 4) is 0 Å². The van der Waals surface area contributed by atoms with E-state index in [1.165, 1.54) is 13.0 Å². The van der Waals surface area contributed by atoms with E-state index in [-0.39, 0.29) is 12.0 Å². The zero-order chi connectivity index (χ0) is 16.3. The topological polar surface area (TPSA) is 78.9 Å². The highest BCUT2D eigenvalue weighted by molar-refractivity contribution is 7.86. The summed E-state index contributed by atoms with van der Waals surface area (Å²) in [7, 11) is -6.91. The molecule has 0 heterocycles. The Labute approximate surface area is 119 Å². The fourth-order valence-electron chi connectivity index (χ4n) is 1.51. The fourth-order valence-corrected chi connectivity index (χ4v) is 3.15. The molecule has 0 spiro atoms. The van der Waals surface area contributed by atoms with E-state index in [1.807, 2.05) is 0 Å². The third-order valence-electron chi connectivity index (χ3n) is 2.36. The van der Waals surface area contributed by atoms with Crippen molar-refractivity contribution in [3.63, 3.8) is 0 Å². The van der Waals surface area contributed by atoms with Gasteiger partial charge in [0, 0.05) is 4.57 Å². The first-order chi connectivity index (χ1) is 9.63. The molecule has 21 heavy (non-hydrogen) atoms. The normalized spacial score (nSPS) is 13.3. The average molecular weight is 347 g/mol. The van der Waals surface area contributed by atoms with Crippen LogP contribution in [0.25, 0.3) is 0 Å². The zero-order valence-corrected chi connectivity index (χ0v) is 12.6. The number of rotatable bonds is 6. The van der Waals surface area contributed by atoms with Crippen molar-refractivity contribution in [2.45, 2.75) is 24.4 Å². The summed E-state index contributed by atoms with van der Waals surface area (Å²) in [5.74, 6) is 0. The Kier molecular flexibility index (Phi) is 5.83. The van der Waals surface area contributed by atoms with E-state index in [0.717, 1.165) is 13.2 Å². The Morgan fingerprint density at radius 2 is 1.90 bits per heavy atom. The molecule has 0 saturated carbocycles. The Hall–Kier alpha value is -1.06. The lowest BCUT2D eigenvalue weighted by atomic mass is 10.1. The number of halogens is 3. The van der Waals surface area contributed by atoms with Gasteiger partial charge in [0.25, 0.3) is 0 Å². The van der Waals surface area contributed by atoms with E-state index >= 15 is 0 Å². The van der Waals surface area contributed by atoms with Crippen LogP contribution in [0.1, 0.15) is 18.1 Å². The number of hydrogen-bond donors (Lipinski definition) is 0. The second-order valence-corrected chi connectivity index (χ2v) is 6.06. The Balaban J connectivity index is 3.36. The highest BCUT2D eigenvalue weighted by Gasteiger charge is 2.40. The van der Waals surface area contributed by atoms with Crippen LogP contribution in [0.4, 0.5) is 13.2 Å². The van der Waals surface area contributed by atoms with E-state index in [0.29, 0.717) is 6.07 Å². The average Bonchev–Trinajstić information content (AvgIpc) is 2.42. The van der Waals surface area contributed by atoms with Crippen molar-refractivity contribution in [3.05, 3.63) is 29.3 Å².